The van der Waals surface area contributed by atoms with Crippen LogP contribution in [0.5, 0.6) is 0 Å². The van der Waals surface area contributed by atoms with Gasteiger partial charge < -0.3 is 10.2 Å². The fourth-order valence-corrected chi connectivity index (χ4v) is 2.68. The molecule has 1 aliphatic carbocycles. The number of hydrazine groups is 1. The third kappa shape index (κ3) is 2.70. The summed E-state index contributed by atoms with van der Waals surface area (Å²) in [5.41, 5.74) is 4.96. The molecule has 1 fully saturated rings. The Kier molecular flexibility index (Phi) is 3.74. The fourth-order valence-electron chi connectivity index (χ4n) is 2.68. The first-order valence-corrected chi connectivity index (χ1v) is 7.23. The second-order valence-electron chi connectivity index (χ2n) is 5.36. The van der Waals surface area contributed by atoms with Gasteiger partial charge in [-0.3, -0.25) is 0 Å². The highest BCUT2D eigenvalue weighted by atomic mass is 16.5. The van der Waals surface area contributed by atoms with Crippen LogP contribution in [0.1, 0.15) is 25.3 Å². The van der Waals surface area contributed by atoms with E-state index in [9.17, 15) is 4.79 Å². The number of benzene rings is 1. The molecule has 1 aliphatic heterocycles. The van der Waals surface area contributed by atoms with Gasteiger partial charge in [-0.2, -0.15) is 0 Å². The maximum absolute atomic E-state index is 12.3. The molecular weight excluding hydrogens is 252 g/mol. The van der Waals surface area contributed by atoms with Gasteiger partial charge in [-0.15, -0.1) is 0 Å². The number of hydrogen-bond donors (Lipinski definition) is 1. The molecule has 1 aromatic rings. The Morgan fingerprint density at radius 1 is 1.35 bits per heavy atom. The molecule has 4 heteroatoms. The van der Waals surface area contributed by atoms with Crippen molar-refractivity contribution in [1.82, 2.24) is 10.4 Å². The number of rotatable bonds is 5. The zero-order valence-electron chi connectivity index (χ0n) is 11.7. The molecule has 3 rings (SSSR count). The van der Waals surface area contributed by atoms with Crippen LogP contribution in [-0.2, 0) is 16.1 Å². The number of hydrogen-bond acceptors (Lipinski definition) is 4. The maximum atomic E-state index is 12.3. The second kappa shape index (κ2) is 5.67. The highest BCUT2D eigenvalue weighted by Gasteiger charge is 2.42. The normalized spacial score (nSPS) is 22.2. The summed E-state index contributed by atoms with van der Waals surface area (Å²) in [6.07, 6.45) is 4.21. The molecule has 20 heavy (non-hydrogen) atoms. The molecule has 106 valence electrons. The first-order chi connectivity index (χ1) is 9.79. The van der Waals surface area contributed by atoms with Gasteiger partial charge in [0, 0.05) is 12.7 Å². The van der Waals surface area contributed by atoms with Crippen molar-refractivity contribution in [2.45, 2.75) is 32.4 Å². The zero-order chi connectivity index (χ0) is 13.9. The van der Waals surface area contributed by atoms with Crippen LogP contribution < -0.4 is 5.43 Å². The monoisotopic (exact) mass is 272 g/mol. The van der Waals surface area contributed by atoms with E-state index in [1.807, 2.05) is 30.3 Å². The van der Waals surface area contributed by atoms with Crippen molar-refractivity contribution in [3.05, 3.63) is 47.7 Å². The average molecular weight is 272 g/mol. The molecule has 1 atom stereocenters. The zero-order valence-corrected chi connectivity index (χ0v) is 11.7. The van der Waals surface area contributed by atoms with Crippen LogP contribution in [0.4, 0.5) is 0 Å². The molecule has 0 amide bonds. The average Bonchev–Trinajstić information content (AvgIpc) is 3.24. The van der Waals surface area contributed by atoms with Gasteiger partial charge in [0.1, 0.15) is 6.61 Å². The second-order valence-corrected chi connectivity index (χ2v) is 5.36. The number of nitrogens with one attached hydrogen (secondary N) is 1. The van der Waals surface area contributed by atoms with Gasteiger partial charge in [0.2, 0.25) is 0 Å². The lowest BCUT2D eigenvalue weighted by atomic mass is 10.0. The van der Waals surface area contributed by atoms with Crippen molar-refractivity contribution in [2.24, 2.45) is 5.92 Å². The number of likely N-dealkylation sites (N-methyl/N-ethyl adjacent to an activating group) is 1. The predicted octanol–water partition coefficient (Wildman–Crippen LogP) is 2.23. The molecular formula is C16H20N2O2. The van der Waals surface area contributed by atoms with E-state index in [0.29, 0.717) is 12.5 Å². The van der Waals surface area contributed by atoms with Crippen LogP contribution in [-0.4, -0.2) is 23.6 Å². The smallest absolute Gasteiger partial charge is 0.337 e. The lowest BCUT2D eigenvalue weighted by Gasteiger charge is -2.24. The molecule has 1 saturated carbocycles. The van der Waals surface area contributed by atoms with Crippen molar-refractivity contribution in [2.75, 3.05) is 6.54 Å². The standard InChI is InChI=1S/C16H20N2O2/c1-2-18-15(13-8-9-13)14(10-17-18)16(19)20-11-12-6-4-3-5-7-12/h3-7,10,13,15,17H,2,8-9,11H2,1H3. The first kappa shape index (κ1) is 13.2. The highest BCUT2D eigenvalue weighted by Crippen LogP contribution is 2.40. The predicted molar refractivity (Wildman–Crippen MR) is 76.3 cm³/mol. The lowest BCUT2D eigenvalue weighted by Crippen LogP contribution is -2.40. The fraction of sp³-hybridized carbons (Fsp3) is 0.438. The van der Waals surface area contributed by atoms with Crippen LogP contribution in [0.3, 0.4) is 0 Å². The molecule has 1 N–H and O–H groups in total. The van der Waals surface area contributed by atoms with Gasteiger partial charge in [-0.25, -0.2) is 9.80 Å². The Labute approximate surface area is 119 Å². The first-order valence-electron chi connectivity index (χ1n) is 7.23. The van der Waals surface area contributed by atoms with Crippen LogP contribution >= 0.6 is 0 Å². The summed E-state index contributed by atoms with van der Waals surface area (Å²) in [4.78, 5) is 12.3. The summed E-state index contributed by atoms with van der Waals surface area (Å²) in [5.74, 6) is 0.398. The number of carbonyl (C=O) groups is 1. The molecule has 0 aromatic heterocycles. The van der Waals surface area contributed by atoms with Crippen molar-refractivity contribution in [1.29, 1.82) is 0 Å². The van der Waals surface area contributed by atoms with Crippen LogP contribution in [0, 0.1) is 5.92 Å². The highest BCUT2D eigenvalue weighted by molar-refractivity contribution is 5.90. The van der Waals surface area contributed by atoms with E-state index in [-0.39, 0.29) is 12.0 Å². The molecule has 1 aromatic carbocycles. The van der Waals surface area contributed by atoms with E-state index in [4.69, 9.17) is 4.74 Å². The summed E-state index contributed by atoms with van der Waals surface area (Å²) in [5, 5.41) is 2.12. The van der Waals surface area contributed by atoms with Crippen LogP contribution in [0.15, 0.2) is 42.1 Å². The molecule has 0 radical (unpaired) electrons. The van der Waals surface area contributed by atoms with Gasteiger partial charge in [0.05, 0.1) is 11.6 Å². The Bertz CT molecular complexity index is 508. The van der Waals surface area contributed by atoms with E-state index in [1.54, 1.807) is 6.20 Å². The van der Waals surface area contributed by atoms with E-state index in [2.05, 4.69) is 17.4 Å². The van der Waals surface area contributed by atoms with E-state index in [1.165, 1.54) is 12.8 Å². The van der Waals surface area contributed by atoms with Crippen molar-refractivity contribution < 1.29 is 9.53 Å². The summed E-state index contributed by atoms with van der Waals surface area (Å²) in [6.45, 7) is 3.31. The molecule has 1 heterocycles. The van der Waals surface area contributed by atoms with E-state index in [0.717, 1.165) is 17.7 Å². The molecule has 1 unspecified atom stereocenters. The lowest BCUT2D eigenvalue weighted by molar-refractivity contribution is -0.141. The quantitative estimate of drug-likeness (QED) is 0.835. The number of carbonyl (C=O) groups excluding carboxylic acids is 1. The van der Waals surface area contributed by atoms with Gasteiger partial charge >= 0.3 is 5.97 Å². The van der Waals surface area contributed by atoms with Crippen LogP contribution in [0.25, 0.3) is 0 Å². The molecule has 0 spiro atoms. The van der Waals surface area contributed by atoms with Crippen molar-refractivity contribution in [3.63, 3.8) is 0 Å². The van der Waals surface area contributed by atoms with E-state index < -0.39 is 0 Å². The molecule has 0 saturated heterocycles. The molecule has 2 aliphatic rings. The van der Waals surface area contributed by atoms with Crippen molar-refractivity contribution in [3.8, 4) is 0 Å². The van der Waals surface area contributed by atoms with Gasteiger partial charge in [0.25, 0.3) is 0 Å². The Hall–Kier alpha value is -1.81. The van der Waals surface area contributed by atoms with Crippen molar-refractivity contribution >= 4 is 5.97 Å². The molecule has 0 bridgehead atoms. The van der Waals surface area contributed by atoms with Gasteiger partial charge in [0.15, 0.2) is 0 Å². The largest absolute Gasteiger partial charge is 0.457 e. The minimum atomic E-state index is -0.200. The third-order valence-corrected chi connectivity index (χ3v) is 3.90. The summed E-state index contributed by atoms with van der Waals surface area (Å²) >= 11 is 0. The Morgan fingerprint density at radius 2 is 2.10 bits per heavy atom. The topological polar surface area (TPSA) is 41.6 Å². The molecule has 4 nitrogen and oxygen atoms in total. The minimum absolute atomic E-state index is 0.184. The Morgan fingerprint density at radius 3 is 2.75 bits per heavy atom. The summed E-state index contributed by atoms with van der Waals surface area (Å²) < 4.78 is 5.44. The number of esters is 1. The number of nitrogens with zero attached hydrogens (tertiary/aromatic N) is 1. The van der Waals surface area contributed by atoms with Gasteiger partial charge in [-0.1, -0.05) is 37.3 Å². The Balaban J connectivity index is 1.62. The van der Waals surface area contributed by atoms with E-state index >= 15 is 0 Å². The SMILES string of the molecule is CCN1NC=C(C(=O)OCc2ccccc2)C1C1CC1. The summed E-state index contributed by atoms with van der Waals surface area (Å²) in [7, 11) is 0. The van der Waals surface area contributed by atoms with Crippen LogP contribution in [0.2, 0.25) is 0 Å². The summed E-state index contributed by atoms with van der Waals surface area (Å²) in [6, 6.07) is 9.97. The minimum Gasteiger partial charge on any atom is -0.457 e. The third-order valence-electron chi connectivity index (χ3n) is 3.90. The maximum Gasteiger partial charge on any atom is 0.337 e. The number of ether oxygens (including phenoxy) is 1. The van der Waals surface area contributed by atoms with Gasteiger partial charge in [-0.05, 0) is 24.3 Å².